The Kier molecular flexibility index (Phi) is 7.29. The van der Waals surface area contributed by atoms with E-state index in [0.29, 0.717) is 0 Å². The Morgan fingerprint density at radius 2 is 1.28 bits per heavy atom. The molecule has 0 bridgehead atoms. The summed E-state index contributed by atoms with van der Waals surface area (Å²) < 4.78 is 0. The highest BCUT2D eigenvalue weighted by atomic mass is 16.6. The van der Waals surface area contributed by atoms with Crippen molar-refractivity contribution in [2.45, 2.75) is 13.1 Å². The molecule has 0 unspecified atom stereocenters. The largest absolute Gasteiger partial charge is 0.399 e. The van der Waals surface area contributed by atoms with Crippen molar-refractivity contribution in [3.8, 4) is 0 Å². The van der Waals surface area contributed by atoms with Crippen LogP contribution in [0.3, 0.4) is 0 Å². The molecule has 0 saturated carbocycles. The van der Waals surface area contributed by atoms with E-state index in [0.717, 1.165) is 52.0 Å². The molecule has 4 aromatic rings. The molecule has 0 aliphatic heterocycles. The monoisotopic (exact) mass is 432 g/mol. The number of non-ortho nitro benzene ring substituents is 1. The third kappa shape index (κ3) is 6.19. The van der Waals surface area contributed by atoms with Crippen LogP contribution in [0.4, 0.5) is 11.4 Å². The zero-order valence-electron chi connectivity index (χ0n) is 18.8. The van der Waals surface area contributed by atoms with Crippen molar-refractivity contribution in [2.24, 2.45) is 0 Å². The summed E-state index contributed by atoms with van der Waals surface area (Å²) in [5.74, 6) is 0. The maximum Gasteiger partial charge on any atom is 0.270 e. The standard InChI is InChI=1S/C12H13N3O2.C12H15N3/c1-14(2)8-10-4-3-9-7-11(15(16)17)5-6-12(9)13-10;1-15(2)8-11-5-3-9-7-10(13)4-6-12(9)14-11/h3-7H,8H2,1-2H3;3-7H,8,13H2,1-2H3. The van der Waals surface area contributed by atoms with Gasteiger partial charge in [-0.15, -0.1) is 0 Å². The average molecular weight is 433 g/mol. The maximum atomic E-state index is 10.6. The molecule has 0 aliphatic rings. The second kappa shape index (κ2) is 10.1. The average Bonchev–Trinajstić information content (AvgIpc) is 2.73. The van der Waals surface area contributed by atoms with Crippen molar-refractivity contribution >= 4 is 33.2 Å². The number of hydrogen-bond acceptors (Lipinski definition) is 7. The molecule has 2 aromatic carbocycles. The first kappa shape index (κ1) is 23.1. The van der Waals surface area contributed by atoms with E-state index < -0.39 is 4.92 Å². The molecule has 4 rings (SSSR count). The zero-order chi connectivity index (χ0) is 23.3. The first-order valence-electron chi connectivity index (χ1n) is 10.2. The highest BCUT2D eigenvalue weighted by Gasteiger charge is 2.07. The van der Waals surface area contributed by atoms with Gasteiger partial charge in [0.15, 0.2) is 0 Å². The molecule has 0 aliphatic carbocycles. The molecule has 8 nitrogen and oxygen atoms in total. The lowest BCUT2D eigenvalue weighted by Gasteiger charge is -2.09. The van der Waals surface area contributed by atoms with Crippen molar-refractivity contribution in [2.75, 3.05) is 33.9 Å². The SMILES string of the molecule is CN(C)Cc1ccc2cc(N)ccc2n1.CN(C)Cc1ccc2cc([N+](=O)[O-])ccc2n1. The third-order valence-corrected chi connectivity index (χ3v) is 4.67. The fourth-order valence-corrected chi connectivity index (χ4v) is 3.28. The molecular formula is C24H28N6O2. The highest BCUT2D eigenvalue weighted by molar-refractivity contribution is 5.82. The second-order valence-electron chi connectivity index (χ2n) is 8.17. The molecule has 0 radical (unpaired) electrons. The minimum atomic E-state index is -0.396. The highest BCUT2D eigenvalue weighted by Crippen LogP contribution is 2.20. The Morgan fingerprint density at radius 1 is 0.781 bits per heavy atom. The van der Waals surface area contributed by atoms with Gasteiger partial charge in [0.25, 0.3) is 5.69 Å². The molecule has 0 atom stereocenters. The van der Waals surface area contributed by atoms with Crippen LogP contribution in [0, 0.1) is 10.1 Å². The number of fused-ring (bicyclic) bond motifs is 2. The van der Waals surface area contributed by atoms with Gasteiger partial charge in [-0.05, 0) is 64.6 Å². The number of anilines is 1. The summed E-state index contributed by atoms with van der Waals surface area (Å²) in [6, 6.07) is 18.4. The summed E-state index contributed by atoms with van der Waals surface area (Å²) in [4.78, 5) is 23.4. The number of nitrogens with two attached hydrogens (primary N) is 1. The van der Waals surface area contributed by atoms with Crippen LogP contribution in [0.25, 0.3) is 21.8 Å². The maximum absolute atomic E-state index is 10.6. The smallest absolute Gasteiger partial charge is 0.270 e. The minimum Gasteiger partial charge on any atom is -0.399 e. The second-order valence-corrected chi connectivity index (χ2v) is 8.17. The van der Waals surface area contributed by atoms with Gasteiger partial charge < -0.3 is 15.5 Å². The number of nitro groups is 1. The van der Waals surface area contributed by atoms with E-state index in [1.165, 1.54) is 6.07 Å². The molecule has 8 heteroatoms. The van der Waals surface area contributed by atoms with E-state index in [1.54, 1.807) is 12.1 Å². The zero-order valence-corrected chi connectivity index (χ0v) is 18.8. The van der Waals surface area contributed by atoms with Crippen LogP contribution in [0.2, 0.25) is 0 Å². The molecule has 2 aromatic heterocycles. The first-order chi connectivity index (χ1) is 15.2. The fourth-order valence-electron chi connectivity index (χ4n) is 3.28. The van der Waals surface area contributed by atoms with Gasteiger partial charge in [0.2, 0.25) is 0 Å². The normalized spacial score (nSPS) is 11.1. The number of nitrogens with zero attached hydrogens (tertiary/aromatic N) is 5. The number of pyridine rings is 2. The summed E-state index contributed by atoms with van der Waals surface area (Å²) in [6.07, 6.45) is 0. The molecule has 166 valence electrons. The van der Waals surface area contributed by atoms with Crippen LogP contribution in [-0.2, 0) is 13.1 Å². The van der Waals surface area contributed by atoms with Gasteiger partial charge >= 0.3 is 0 Å². The molecule has 0 fully saturated rings. The summed E-state index contributed by atoms with van der Waals surface area (Å²) in [5, 5.41) is 12.5. The number of benzene rings is 2. The predicted octanol–water partition coefficient (Wildman–Crippen LogP) is 4.08. The van der Waals surface area contributed by atoms with Crippen LogP contribution in [0.1, 0.15) is 11.4 Å². The van der Waals surface area contributed by atoms with E-state index in [2.05, 4.69) is 20.9 Å². The quantitative estimate of drug-likeness (QED) is 0.288. The van der Waals surface area contributed by atoms with Crippen LogP contribution < -0.4 is 5.73 Å². The summed E-state index contributed by atoms with van der Waals surface area (Å²) in [6.45, 7) is 1.62. The minimum absolute atomic E-state index is 0.0969. The van der Waals surface area contributed by atoms with Gasteiger partial charge in [-0.1, -0.05) is 12.1 Å². The van der Waals surface area contributed by atoms with E-state index in [1.807, 2.05) is 69.5 Å². The van der Waals surface area contributed by atoms with E-state index >= 15 is 0 Å². The van der Waals surface area contributed by atoms with Crippen molar-refractivity contribution in [3.05, 3.63) is 82.2 Å². The number of nitrogen functional groups attached to an aromatic ring is 1. The Balaban J connectivity index is 0.000000182. The van der Waals surface area contributed by atoms with Crippen LogP contribution in [-0.4, -0.2) is 52.9 Å². The molecule has 32 heavy (non-hydrogen) atoms. The van der Waals surface area contributed by atoms with Gasteiger partial charge in [0.1, 0.15) is 0 Å². The number of rotatable bonds is 5. The molecule has 2 N–H and O–H groups in total. The molecule has 0 saturated heterocycles. The van der Waals surface area contributed by atoms with Crippen molar-refractivity contribution in [1.82, 2.24) is 19.8 Å². The third-order valence-electron chi connectivity index (χ3n) is 4.67. The topological polar surface area (TPSA) is 101 Å². The van der Waals surface area contributed by atoms with Crippen LogP contribution in [0.5, 0.6) is 0 Å². The van der Waals surface area contributed by atoms with E-state index in [9.17, 15) is 10.1 Å². The number of nitro benzene ring substituents is 1. The molecule has 0 spiro atoms. The number of aromatic nitrogens is 2. The lowest BCUT2D eigenvalue weighted by Crippen LogP contribution is -2.11. The first-order valence-corrected chi connectivity index (χ1v) is 10.2. The van der Waals surface area contributed by atoms with Crippen molar-refractivity contribution in [3.63, 3.8) is 0 Å². The summed E-state index contributed by atoms with van der Waals surface area (Å²) in [7, 11) is 8.02. The lowest BCUT2D eigenvalue weighted by molar-refractivity contribution is -0.384. The van der Waals surface area contributed by atoms with Crippen molar-refractivity contribution < 1.29 is 4.92 Å². The fraction of sp³-hybridized carbons (Fsp3) is 0.250. The molecular weight excluding hydrogens is 404 g/mol. The van der Waals surface area contributed by atoms with Gasteiger partial charge in [-0.2, -0.15) is 0 Å². The van der Waals surface area contributed by atoms with Gasteiger partial charge in [0, 0.05) is 41.7 Å². The Bertz CT molecular complexity index is 1240. The van der Waals surface area contributed by atoms with Gasteiger partial charge in [-0.25, -0.2) is 0 Å². The van der Waals surface area contributed by atoms with Gasteiger partial charge in [0.05, 0.1) is 27.3 Å². The predicted molar refractivity (Wildman–Crippen MR) is 129 cm³/mol. The van der Waals surface area contributed by atoms with E-state index in [-0.39, 0.29) is 5.69 Å². The van der Waals surface area contributed by atoms with Gasteiger partial charge in [-0.3, -0.25) is 20.1 Å². The molecule has 2 heterocycles. The summed E-state index contributed by atoms with van der Waals surface area (Å²) >= 11 is 0. The lowest BCUT2D eigenvalue weighted by atomic mass is 10.2. The Morgan fingerprint density at radius 3 is 1.78 bits per heavy atom. The van der Waals surface area contributed by atoms with Crippen LogP contribution >= 0.6 is 0 Å². The van der Waals surface area contributed by atoms with Crippen LogP contribution in [0.15, 0.2) is 60.7 Å². The number of hydrogen-bond donors (Lipinski definition) is 1. The Labute approximate surface area is 187 Å². The van der Waals surface area contributed by atoms with Crippen molar-refractivity contribution in [1.29, 1.82) is 0 Å². The molecule has 0 amide bonds. The van der Waals surface area contributed by atoms with E-state index in [4.69, 9.17) is 5.73 Å². The Hall–Kier alpha value is -3.62. The summed E-state index contributed by atoms with van der Waals surface area (Å²) in [5.41, 5.74) is 10.4.